The molecular formula is C12H17F2N3O. The van der Waals surface area contributed by atoms with Crippen LogP contribution in [0.15, 0.2) is 6.07 Å². The smallest absolute Gasteiger partial charge is 0.168 e. The maximum Gasteiger partial charge on any atom is 0.168 e. The van der Waals surface area contributed by atoms with E-state index in [1.807, 2.05) is 6.92 Å². The monoisotopic (exact) mass is 257 g/mol. The zero-order valence-electron chi connectivity index (χ0n) is 10.5. The molecule has 2 rings (SSSR count). The van der Waals surface area contributed by atoms with Gasteiger partial charge in [0.15, 0.2) is 23.3 Å². The van der Waals surface area contributed by atoms with E-state index in [4.69, 9.17) is 0 Å². The van der Waals surface area contributed by atoms with E-state index < -0.39 is 17.2 Å². The van der Waals surface area contributed by atoms with Crippen LogP contribution >= 0.6 is 0 Å². The van der Waals surface area contributed by atoms with Crippen molar-refractivity contribution in [2.45, 2.75) is 25.9 Å². The second-order valence-corrected chi connectivity index (χ2v) is 4.82. The molecular weight excluding hydrogens is 240 g/mol. The Balaban J connectivity index is 2.30. The van der Waals surface area contributed by atoms with Gasteiger partial charge in [-0.2, -0.15) is 0 Å². The van der Waals surface area contributed by atoms with Crippen molar-refractivity contribution in [1.29, 1.82) is 0 Å². The number of β-amino-alcohol motifs (C(OH)–C–C–N with tert-alkyl or cyclic N) is 1. The van der Waals surface area contributed by atoms with Crippen LogP contribution < -0.4 is 10.2 Å². The van der Waals surface area contributed by atoms with Crippen LogP contribution in [-0.4, -0.2) is 35.3 Å². The Labute approximate surface area is 105 Å². The van der Waals surface area contributed by atoms with Gasteiger partial charge in [-0.05, 0) is 20.3 Å². The van der Waals surface area contributed by atoms with Gasteiger partial charge in [0.25, 0.3) is 0 Å². The van der Waals surface area contributed by atoms with Crippen molar-refractivity contribution in [2.75, 3.05) is 29.9 Å². The lowest BCUT2D eigenvalue weighted by molar-refractivity contribution is 0.0838. The molecule has 0 spiro atoms. The Morgan fingerprint density at radius 2 is 2.22 bits per heavy atom. The Morgan fingerprint density at radius 1 is 1.50 bits per heavy atom. The number of aromatic nitrogens is 1. The van der Waals surface area contributed by atoms with Crippen LogP contribution in [0.2, 0.25) is 0 Å². The van der Waals surface area contributed by atoms with Gasteiger partial charge < -0.3 is 15.3 Å². The minimum absolute atomic E-state index is 0.0421. The first-order chi connectivity index (χ1) is 8.43. The van der Waals surface area contributed by atoms with E-state index in [9.17, 15) is 13.9 Å². The van der Waals surface area contributed by atoms with Gasteiger partial charge >= 0.3 is 0 Å². The number of halogens is 2. The van der Waals surface area contributed by atoms with Crippen LogP contribution in [0.5, 0.6) is 0 Å². The largest absolute Gasteiger partial charge is 0.388 e. The molecule has 2 heterocycles. The van der Waals surface area contributed by atoms with Crippen molar-refractivity contribution in [3.8, 4) is 0 Å². The molecule has 0 aromatic carbocycles. The third kappa shape index (κ3) is 2.53. The average molecular weight is 257 g/mol. The van der Waals surface area contributed by atoms with Gasteiger partial charge in [0.1, 0.15) is 0 Å². The van der Waals surface area contributed by atoms with Gasteiger partial charge in [0, 0.05) is 25.7 Å². The molecule has 1 aromatic heterocycles. The van der Waals surface area contributed by atoms with Gasteiger partial charge in [-0.3, -0.25) is 0 Å². The lowest BCUT2D eigenvalue weighted by atomic mass is 10.1. The summed E-state index contributed by atoms with van der Waals surface area (Å²) in [6.45, 7) is 4.82. The highest BCUT2D eigenvalue weighted by molar-refractivity contribution is 5.50. The molecule has 0 amide bonds. The SMILES string of the molecule is CCNc1nc(N2CCC(C)(O)C2)c(F)cc1F. The molecule has 1 aliphatic heterocycles. The lowest BCUT2D eigenvalue weighted by Crippen LogP contribution is -2.30. The van der Waals surface area contributed by atoms with E-state index in [1.165, 1.54) is 0 Å². The molecule has 1 aliphatic rings. The maximum absolute atomic E-state index is 13.7. The summed E-state index contributed by atoms with van der Waals surface area (Å²) in [7, 11) is 0. The molecule has 1 fully saturated rings. The normalized spacial score (nSPS) is 23.5. The van der Waals surface area contributed by atoms with Crippen LogP contribution in [0.3, 0.4) is 0 Å². The van der Waals surface area contributed by atoms with Crippen molar-refractivity contribution in [3.63, 3.8) is 0 Å². The Morgan fingerprint density at radius 3 is 2.78 bits per heavy atom. The van der Waals surface area contributed by atoms with Crippen LogP contribution in [-0.2, 0) is 0 Å². The van der Waals surface area contributed by atoms with Gasteiger partial charge in [0.2, 0.25) is 0 Å². The summed E-state index contributed by atoms with van der Waals surface area (Å²) < 4.78 is 27.1. The standard InChI is InChI=1S/C12H17F2N3O/c1-3-15-10-8(13)6-9(14)11(16-10)17-5-4-12(2,18)7-17/h6,18H,3-5,7H2,1-2H3,(H,15,16). The predicted octanol–water partition coefficient (Wildman–Crippen LogP) is 1.75. The molecule has 1 atom stereocenters. The summed E-state index contributed by atoms with van der Waals surface area (Å²) in [5, 5.41) is 12.6. The molecule has 0 aliphatic carbocycles. The Hall–Kier alpha value is -1.43. The predicted molar refractivity (Wildman–Crippen MR) is 65.8 cm³/mol. The zero-order valence-corrected chi connectivity index (χ0v) is 10.5. The molecule has 6 heteroatoms. The van der Waals surface area contributed by atoms with Crippen molar-refractivity contribution in [1.82, 2.24) is 4.98 Å². The van der Waals surface area contributed by atoms with E-state index in [-0.39, 0.29) is 11.6 Å². The van der Waals surface area contributed by atoms with Gasteiger partial charge in [-0.1, -0.05) is 0 Å². The number of rotatable bonds is 3. The molecule has 1 saturated heterocycles. The molecule has 18 heavy (non-hydrogen) atoms. The Bertz CT molecular complexity index is 451. The highest BCUT2D eigenvalue weighted by atomic mass is 19.1. The van der Waals surface area contributed by atoms with E-state index in [0.717, 1.165) is 6.07 Å². The third-order valence-corrected chi connectivity index (χ3v) is 3.01. The fourth-order valence-corrected chi connectivity index (χ4v) is 2.10. The molecule has 1 aromatic rings. The third-order valence-electron chi connectivity index (χ3n) is 3.01. The number of aliphatic hydroxyl groups is 1. The highest BCUT2D eigenvalue weighted by Gasteiger charge is 2.33. The van der Waals surface area contributed by atoms with Crippen LogP contribution in [0.1, 0.15) is 20.3 Å². The second-order valence-electron chi connectivity index (χ2n) is 4.82. The summed E-state index contributed by atoms with van der Waals surface area (Å²) in [4.78, 5) is 5.60. The molecule has 100 valence electrons. The number of anilines is 2. The van der Waals surface area contributed by atoms with E-state index in [0.29, 0.717) is 26.1 Å². The minimum Gasteiger partial charge on any atom is -0.388 e. The summed E-state index contributed by atoms with van der Waals surface area (Å²) in [6.07, 6.45) is 0.544. The summed E-state index contributed by atoms with van der Waals surface area (Å²) in [5.41, 5.74) is -0.846. The minimum atomic E-state index is -0.846. The number of nitrogens with one attached hydrogen (secondary N) is 1. The number of hydrogen-bond donors (Lipinski definition) is 2. The van der Waals surface area contributed by atoms with Crippen molar-refractivity contribution >= 4 is 11.6 Å². The lowest BCUT2D eigenvalue weighted by Gasteiger charge is -2.21. The summed E-state index contributed by atoms with van der Waals surface area (Å²) in [6, 6.07) is 0.827. The quantitative estimate of drug-likeness (QED) is 0.866. The molecule has 2 N–H and O–H groups in total. The first-order valence-electron chi connectivity index (χ1n) is 6.00. The zero-order chi connectivity index (χ0) is 13.3. The topological polar surface area (TPSA) is 48.4 Å². The number of pyridine rings is 1. The summed E-state index contributed by atoms with van der Waals surface area (Å²) in [5.74, 6) is -1.28. The van der Waals surface area contributed by atoms with Gasteiger partial charge in [-0.15, -0.1) is 0 Å². The number of hydrogen-bond acceptors (Lipinski definition) is 4. The van der Waals surface area contributed by atoms with Crippen molar-refractivity contribution in [2.24, 2.45) is 0 Å². The van der Waals surface area contributed by atoms with E-state index in [1.54, 1.807) is 11.8 Å². The molecule has 0 radical (unpaired) electrons. The molecule has 0 saturated carbocycles. The highest BCUT2D eigenvalue weighted by Crippen LogP contribution is 2.29. The van der Waals surface area contributed by atoms with E-state index >= 15 is 0 Å². The molecule has 4 nitrogen and oxygen atoms in total. The molecule has 1 unspecified atom stereocenters. The Kier molecular flexibility index (Phi) is 3.38. The fourth-order valence-electron chi connectivity index (χ4n) is 2.10. The van der Waals surface area contributed by atoms with Crippen molar-refractivity contribution in [3.05, 3.63) is 17.7 Å². The second kappa shape index (κ2) is 4.68. The number of nitrogens with zero attached hydrogens (tertiary/aromatic N) is 2. The van der Waals surface area contributed by atoms with Crippen molar-refractivity contribution < 1.29 is 13.9 Å². The van der Waals surface area contributed by atoms with Gasteiger partial charge in [0.05, 0.1) is 5.60 Å². The van der Waals surface area contributed by atoms with Gasteiger partial charge in [-0.25, -0.2) is 13.8 Å². The summed E-state index contributed by atoms with van der Waals surface area (Å²) >= 11 is 0. The molecule has 0 bridgehead atoms. The first kappa shape index (κ1) is 13.0. The average Bonchev–Trinajstić information content (AvgIpc) is 2.63. The first-order valence-corrected chi connectivity index (χ1v) is 6.00. The maximum atomic E-state index is 13.7. The fraction of sp³-hybridized carbons (Fsp3) is 0.583. The van der Waals surface area contributed by atoms with Crippen LogP contribution in [0.25, 0.3) is 0 Å². The van der Waals surface area contributed by atoms with Crippen LogP contribution in [0, 0.1) is 11.6 Å². The van der Waals surface area contributed by atoms with Crippen LogP contribution in [0.4, 0.5) is 20.4 Å². The van der Waals surface area contributed by atoms with E-state index in [2.05, 4.69) is 10.3 Å².